The lowest BCUT2D eigenvalue weighted by Gasteiger charge is -2.08. The van der Waals surface area contributed by atoms with Gasteiger partial charge in [-0.3, -0.25) is 9.67 Å². The molecule has 0 aliphatic rings. The van der Waals surface area contributed by atoms with Gasteiger partial charge in [0, 0.05) is 29.7 Å². The molecular formula is C18H17FN7OSi. The first kappa shape index (κ1) is 18.2. The van der Waals surface area contributed by atoms with Crippen molar-refractivity contribution in [1.29, 1.82) is 0 Å². The number of ether oxygens (including phenoxy) is 1. The van der Waals surface area contributed by atoms with Crippen LogP contribution in [0.1, 0.15) is 18.2 Å². The van der Waals surface area contributed by atoms with E-state index in [1.165, 1.54) is 6.07 Å². The van der Waals surface area contributed by atoms with Gasteiger partial charge < -0.3 is 9.30 Å². The summed E-state index contributed by atoms with van der Waals surface area (Å²) in [5.74, 6) is 0.125. The zero-order valence-electron chi connectivity index (χ0n) is 15.4. The summed E-state index contributed by atoms with van der Waals surface area (Å²) in [6.45, 7) is 4.63. The fraction of sp³-hybridized carbons (Fsp3) is 0.278. The predicted octanol–water partition coefficient (Wildman–Crippen LogP) is 2.11. The summed E-state index contributed by atoms with van der Waals surface area (Å²) in [4.78, 5) is 17.5. The number of imidazole rings is 1. The van der Waals surface area contributed by atoms with Gasteiger partial charge in [0.25, 0.3) is 0 Å². The highest BCUT2D eigenvalue weighted by molar-refractivity contribution is 6.06. The van der Waals surface area contributed by atoms with E-state index in [0.29, 0.717) is 47.6 Å². The Bertz CT molecular complexity index is 1140. The third kappa shape index (κ3) is 3.38. The van der Waals surface area contributed by atoms with Crippen molar-refractivity contribution in [2.45, 2.75) is 26.6 Å². The average molecular weight is 394 g/mol. The minimum absolute atomic E-state index is 0.286. The molecule has 4 rings (SSSR count). The topological polar surface area (TPSA) is 83.5 Å². The summed E-state index contributed by atoms with van der Waals surface area (Å²) in [6, 6.07) is 1.69. The Balaban J connectivity index is 1.92. The summed E-state index contributed by atoms with van der Waals surface area (Å²) in [5, 5.41) is 4.28. The molecule has 10 heteroatoms. The third-order valence-corrected chi connectivity index (χ3v) is 4.50. The van der Waals surface area contributed by atoms with Crippen LogP contribution in [0.4, 0.5) is 4.39 Å². The molecule has 0 N–H and O–H groups in total. The summed E-state index contributed by atoms with van der Waals surface area (Å²) in [6.07, 6.45) is 7.02. The van der Waals surface area contributed by atoms with Crippen LogP contribution in [0.2, 0.25) is 0 Å². The number of pyridine rings is 1. The van der Waals surface area contributed by atoms with Crippen LogP contribution in [-0.2, 0) is 12.7 Å². The normalized spacial score (nSPS) is 11.3. The van der Waals surface area contributed by atoms with Crippen molar-refractivity contribution in [3.05, 3.63) is 47.9 Å². The second-order valence-electron chi connectivity index (χ2n) is 6.16. The Morgan fingerprint density at radius 2 is 2.04 bits per heavy atom. The predicted molar refractivity (Wildman–Crippen MR) is 102 cm³/mol. The minimum atomic E-state index is -0.430. The Kier molecular flexibility index (Phi) is 4.86. The van der Waals surface area contributed by atoms with Crippen molar-refractivity contribution >= 4 is 21.4 Å². The van der Waals surface area contributed by atoms with Crippen LogP contribution >= 0.6 is 0 Å². The molecule has 0 aliphatic carbocycles. The molecule has 28 heavy (non-hydrogen) atoms. The summed E-state index contributed by atoms with van der Waals surface area (Å²) in [5.41, 5.74) is 3.45. The van der Waals surface area contributed by atoms with Crippen LogP contribution in [0.3, 0.4) is 0 Å². The number of rotatable bonds is 6. The number of halogens is 1. The molecule has 141 valence electrons. The van der Waals surface area contributed by atoms with Crippen LogP contribution in [-0.4, -0.2) is 51.1 Å². The Morgan fingerprint density at radius 3 is 2.75 bits per heavy atom. The van der Waals surface area contributed by atoms with E-state index in [-0.39, 0.29) is 6.01 Å². The molecular weight excluding hydrogens is 377 g/mol. The Morgan fingerprint density at radius 1 is 1.18 bits per heavy atom. The maximum absolute atomic E-state index is 13.8. The van der Waals surface area contributed by atoms with Gasteiger partial charge in [0.15, 0.2) is 5.65 Å². The van der Waals surface area contributed by atoms with E-state index in [9.17, 15) is 4.39 Å². The summed E-state index contributed by atoms with van der Waals surface area (Å²) in [7, 11) is 3.43. The molecule has 0 bridgehead atoms. The minimum Gasteiger partial charge on any atom is -0.464 e. The molecule has 0 aromatic carbocycles. The molecule has 0 aliphatic heterocycles. The van der Waals surface area contributed by atoms with Crippen LogP contribution < -0.4 is 4.74 Å². The van der Waals surface area contributed by atoms with Crippen LogP contribution in [0.25, 0.3) is 22.6 Å². The van der Waals surface area contributed by atoms with Gasteiger partial charge in [-0.15, -0.1) is 0 Å². The molecule has 4 heterocycles. The van der Waals surface area contributed by atoms with Crippen molar-refractivity contribution in [2.24, 2.45) is 0 Å². The maximum atomic E-state index is 13.8. The quantitative estimate of drug-likeness (QED) is 0.466. The second-order valence-corrected chi connectivity index (χ2v) is 6.47. The molecule has 3 radical (unpaired) electrons. The zero-order chi connectivity index (χ0) is 19.7. The van der Waals surface area contributed by atoms with E-state index < -0.39 is 5.82 Å². The van der Waals surface area contributed by atoms with E-state index >= 15 is 0 Å². The molecule has 8 nitrogen and oxygen atoms in total. The molecule has 4 aromatic rings. The SMILES string of the molecule is CCOc1nc(C)c2nc(-c3cncc(F)c3)n(Cc3cnn(C[Si])c3)c2n1. The number of fused-ring (bicyclic) bond motifs is 1. The lowest BCUT2D eigenvalue weighted by Crippen LogP contribution is -2.05. The van der Waals surface area contributed by atoms with E-state index in [2.05, 4.69) is 35.3 Å². The fourth-order valence-electron chi connectivity index (χ4n) is 2.97. The number of hydrogen-bond acceptors (Lipinski definition) is 6. The zero-order valence-corrected chi connectivity index (χ0v) is 16.4. The molecule has 0 saturated heterocycles. The van der Waals surface area contributed by atoms with Crippen molar-refractivity contribution in [3.63, 3.8) is 0 Å². The Hall–Kier alpha value is -3.14. The van der Waals surface area contributed by atoms with Gasteiger partial charge >= 0.3 is 6.01 Å². The van der Waals surface area contributed by atoms with Gasteiger partial charge in [0.05, 0.1) is 41.5 Å². The van der Waals surface area contributed by atoms with E-state index in [4.69, 9.17) is 4.74 Å². The highest BCUT2D eigenvalue weighted by Gasteiger charge is 2.19. The van der Waals surface area contributed by atoms with Crippen LogP contribution in [0.5, 0.6) is 6.01 Å². The van der Waals surface area contributed by atoms with E-state index in [1.807, 2.05) is 24.6 Å². The number of aromatic nitrogens is 7. The lowest BCUT2D eigenvalue weighted by molar-refractivity contribution is 0.313. The van der Waals surface area contributed by atoms with Gasteiger partial charge in [-0.05, 0) is 19.9 Å². The highest BCUT2D eigenvalue weighted by Crippen LogP contribution is 2.27. The van der Waals surface area contributed by atoms with Crippen molar-refractivity contribution in [1.82, 2.24) is 34.3 Å². The van der Waals surface area contributed by atoms with Gasteiger partial charge in [-0.2, -0.15) is 15.1 Å². The first-order valence-electron chi connectivity index (χ1n) is 8.73. The van der Waals surface area contributed by atoms with Crippen molar-refractivity contribution in [2.75, 3.05) is 6.61 Å². The number of aryl methyl sites for hydroxylation is 1. The van der Waals surface area contributed by atoms with Crippen molar-refractivity contribution < 1.29 is 9.13 Å². The van der Waals surface area contributed by atoms with Crippen molar-refractivity contribution in [3.8, 4) is 17.4 Å². The fourth-order valence-corrected chi connectivity index (χ4v) is 3.14. The van der Waals surface area contributed by atoms with Gasteiger partial charge in [0.1, 0.15) is 17.2 Å². The number of hydrogen-bond donors (Lipinski definition) is 0. The molecule has 0 saturated carbocycles. The summed E-state index contributed by atoms with van der Waals surface area (Å²) < 4.78 is 23.0. The molecule has 0 amide bonds. The maximum Gasteiger partial charge on any atom is 0.318 e. The third-order valence-electron chi connectivity index (χ3n) is 4.17. The molecule has 0 spiro atoms. The standard InChI is InChI=1S/C18H17FN7OSi/c1-3-27-18-22-11(2)15-17(24-18)26(9-12-5-21-25(8-12)10-28)16(23-15)13-4-14(19)7-20-6-13/h4-8H,3,9-10H2,1-2H3. The van der Waals surface area contributed by atoms with Crippen LogP contribution in [0, 0.1) is 12.7 Å². The lowest BCUT2D eigenvalue weighted by atomic mass is 10.2. The largest absolute Gasteiger partial charge is 0.464 e. The molecule has 0 unspecified atom stereocenters. The number of nitrogens with zero attached hydrogens (tertiary/aromatic N) is 7. The first-order chi connectivity index (χ1) is 13.6. The van der Waals surface area contributed by atoms with Gasteiger partial charge in [-0.25, -0.2) is 9.37 Å². The first-order valence-corrected chi connectivity index (χ1v) is 9.44. The van der Waals surface area contributed by atoms with E-state index in [0.717, 1.165) is 11.8 Å². The molecule has 0 fully saturated rings. The second kappa shape index (κ2) is 7.47. The van der Waals surface area contributed by atoms with E-state index in [1.54, 1.807) is 17.1 Å². The molecule has 4 aromatic heterocycles. The van der Waals surface area contributed by atoms with Gasteiger partial charge in [-0.1, -0.05) is 0 Å². The summed E-state index contributed by atoms with van der Waals surface area (Å²) >= 11 is 0. The Labute approximate surface area is 163 Å². The molecule has 0 atom stereocenters. The monoisotopic (exact) mass is 394 g/mol. The average Bonchev–Trinajstić information content (AvgIpc) is 3.28. The smallest absolute Gasteiger partial charge is 0.318 e. The highest BCUT2D eigenvalue weighted by atomic mass is 28.1. The van der Waals surface area contributed by atoms with Crippen LogP contribution in [0.15, 0.2) is 30.9 Å². The van der Waals surface area contributed by atoms with Gasteiger partial charge in [0.2, 0.25) is 0 Å².